The highest BCUT2D eigenvalue weighted by molar-refractivity contribution is 7.88. The Kier molecular flexibility index (Phi) is 5.18. The molecule has 0 amide bonds. The van der Waals surface area contributed by atoms with Crippen LogP contribution in [0.3, 0.4) is 0 Å². The summed E-state index contributed by atoms with van der Waals surface area (Å²) in [6.07, 6.45) is 9.62. The Morgan fingerprint density at radius 3 is 2.62 bits per heavy atom. The highest BCUT2D eigenvalue weighted by atomic mass is 32.2. The lowest BCUT2D eigenvalue weighted by Gasteiger charge is -2.31. The van der Waals surface area contributed by atoms with Crippen molar-refractivity contribution in [3.05, 3.63) is 54.6 Å². The van der Waals surface area contributed by atoms with Crippen molar-refractivity contribution in [1.82, 2.24) is 14.3 Å². The first-order chi connectivity index (χ1) is 13.9. The van der Waals surface area contributed by atoms with Crippen LogP contribution in [0.5, 0.6) is 0 Å². The van der Waals surface area contributed by atoms with Gasteiger partial charge in [-0.15, -0.1) is 0 Å². The van der Waals surface area contributed by atoms with E-state index in [0.29, 0.717) is 18.7 Å². The average molecular weight is 407 g/mol. The number of piperidine rings is 1. The van der Waals surface area contributed by atoms with E-state index in [0.717, 1.165) is 40.4 Å². The van der Waals surface area contributed by atoms with Crippen molar-refractivity contribution >= 4 is 26.5 Å². The van der Waals surface area contributed by atoms with Crippen LogP contribution in [0.4, 0.5) is 5.69 Å². The molecule has 0 bridgehead atoms. The molecule has 1 aliphatic heterocycles. The van der Waals surface area contributed by atoms with Gasteiger partial charge in [-0.05, 0) is 48.1 Å². The van der Waals surface area contributed by atoms with Crippen molar-refractivity contribution in [1.29, 1.82) is 5.26 Å². The number of nitrogens with zero attached hydrogens (tertiary/aromatic N) is 4. The van der Waals surface area contributed by atoms with Crippen LogP contribution >= 0.6 is 0 Å². The van der Waals surface area contributed by atoms with Gasteiger partial charge < -0.3 is 5.32 Å². The van der Waals surface area contributed by atoms with Crippen LogP contribution in [0.1, 0.15) is 18.4 Å². The van der Waals surface area contributed by atoms with Crippen molar-refractivity contribution in [2.75, 3.05) is 24.7 Å². The van der Waals surface area contributed by atoms with E-state index in [1.54, 1.807) is 18.6 Å². The molecule has 7 nitrogen and oxygen atoms in total. The van der Waals surface area contributed by atoms with Gasteiger partial charge in [-0.25, -0.2) is 12.7 Å². The van der Waals surface area contributed by atoms with Gasteiger partial charge in [-0.1, -0.05) is 0 Å². The van der Waals surface area contributed by atoms with Crippen molar-refractivity contribution in [3.8, 4) is 17.2 Å². The molecule has 1 aromatic carbocycles. The molecule has 0 saturated carbocycles. The Hall–Kier alpha value is -3.02. The van der Waals surface area contributed by atoms with Crippen molar-refractivity contribution in [2.45, 2.75) is 18.9 Å². The maximum atomic E-state index is 11.7. The highest BCUT2D eigenvalue weighted by Crippen LogP contribution is 2.32. The Bertz CT molecular complexity index is 1200. The molecule has 0 aliphatic carbocycles. The monoisotopic (exact) mass is 407 g/mol. The molecule has 1 N–H and O–H groups in total. The van der Waals surface area contributed by atoms with Gasteiger partial charge in [0, 0.05) is 60.6 Å². The first kappa shape index (κ1) is 19.3. The first-order valence-electron chi connectivity index (χ1n) is 9.39. The molecular formula is C21H21N5O2S. The Morgan fingerprint density at radius 1 is 1.10 bits per heavy atom. The van der Waals surface area contributed by atoms with E-state index in [1.165, 1.54) is 10.6 Å². The Balaban J connectivity index is 1.66. The van der Waals surface area contributed by atoms with Gasteiger partial charge in [-0.2, -0.15) is 5.26 Å². The minimum Gasteiger partial charge on any atom is -0.382 e. The fourth-order valence-corrected chi connectivity index (χ4v) is 4.57. The van der Waals surface area contributed by atoms with E-state index in [-0.39, 0.29) is 6.04 Å². The van der Waals surface area contributed by atoms with Crippen LogP contribution in [0.25, 0.3) is 21.9 Å². The number of sulfonamides is 1. The zero-order chi connectivity index (χ0) is 20.4. The van der Waals surface area contributed by atoms with Crippen molar-refractivity contribution in [3.63, 3.8) is 0 Å². The SMILES string of the molecule is CS(=O)(=O)N1CCC(Nc2cc(-c3cncc(C#N)c3)cc3ccncc23)CC1. The fourth-order valence-electron chi connectivity index (χ4n) is 3.70. The number of pyridine rings is 2. The smallest absolute Gasteiger partial charge is 0.211 e. The summed E-state index contributed by atoms with van der Waals surface area (Å²) in [4.78, 5) is 8.43. The molecule has 2 aromatic heterocycles. The fraction of sp³-hybridized carbons (Fsp3) is 0.286. The van der Waals surface area contributed by atoms with Crippen LogP contribution in [0.15, 0.2) is 49.1 Å². The van der Waals surface area contributed by atoms with Gasteiger partial charge in [-0.3, -0.25) is 9.97 Å². The molecule has 1 aliphatic rings. The zero-order valence-electron chi connectivity index (χ0n) is 16.0. The molecule has 29 heavy (non-hydrogen) atoms. The predicted octanol–water partition coefficient (Wildman–Crippen LogP) is 3.00. The average Bonchev–Trinajstić information content (AvgIpc) is 2.73. The molecule has 3 aromatic rings. The lowest BCUT2D eigenvalue weighted by Crippen LogP contribution is -2.41. The van der Waals surface area contributed by atoms with Gasteiger partial charge in [0.25, 0.3) is 0 Å². The summed E-state index contributed by atoms with van der Waals surface area (Å²) in [5, 5.41) is 14.8. The number of benzene rings is 1. The highest BCUT2D eigenvalue weighted by Gasteiger charge is 2.25. The van der Waals surface area contributed by atoms with Gasteiger partial charge in [0.1, 0.15) is 6.07 Å². The predicted molar refractivity (Wildman–Crippen MR) is 113 cm³/mol. The zero-order valence-corrected chi connectivity index (χ0v) is 16.9. The maximum Gasteiger partial charge on any atom is 0.211 e. The van der Waals surface area contributed by atoms with Crippen LogP contribution in [0, 0.1) is 11.3 Å². The largest absolute Gasteiger partial charge is 0.382 e. The van der Waals surface area contributed by atoms with Crippen molar-refractivity contribution < 1.29 is 8.42 Å². The van der Waals surface area contributed by atoms with E-state index in [2.05, 4.69) is 27.4 Å². The molecule has 3 heterocycles. The normalized spacial score (nSPS) is 15.9. The summed E-state index contributed by atoms with van der Waals surface area (Å²) >= 11 is 0. The molecule has 148 valence electrons. The van der Waals surface area contributed by atoms with Crippen molar-refractivity contribution in [2.24, 2.45) is 0 Å². The second-order valence-corrected chi connectivity index (χ2v) is 9.26. The minimum atomic E-state index is -3.14. The third-order valence-corrected chi connectivity index (χ3v) is 6.54. The number of nitrogens with one attached hydrogen (secondary N) is 1. The summed E-state index contributed by atoms with van der Waals surface area (Å²) in [7, 11) is -3.14. The number of hydrogen-bond acceptors (Lipinski definition) is 6. The Labute approximate surface area is 170 Å². The van der Waals surface area contributed by atoms with Crippen LogP contribution in [-0.4, -0.2) is 48.1 Å². The third kappa shape index (κ3) is 4.21. The summed E-state index contributed by atoms with van der Waals surface area (Å²) in [5.41, 5.74) is 3.30. The summed E-state index contributed by atoms with van der Waals surface area (Å²) < 4.78 is 25.0. The van der Waals surface area contributed by atoms with Crippen LogP contribution in [0.2, 0.25) is 0 Å². The second kappa shape index (κ2) is 7.78. The third-order valence-electron chi connectivity index (χ3n) is 5.24. The molecule has 0 radical (unpaired) electrons. The minimum absolute atomic E-state index is 0.176. The van der Waals surface area contributed by atoms with Gasteiger partial charge >= 0.3 is 0 Å². The molecule has 0 spiro atoms. The molecule has 8 heteroatoms. The van der Waals surface area contributed by atoms with Gasteiger partial charge in [0.2, 0.25) is 10.0 Å². The number of nitriles is 1. The van der Waals surface area contributed by atoms with E-state index in [9.17, 15) is 13.7 Å². The molecule has 1 saturated heterocycles. The first-order valence-corrected chi connectivity index (χ1v) is 11.2. The molecular weight excluding hydrogens is 386 g/mol. The number of fused-ring (bicyclic) bond motifs is 1. The topological polar surface area (TPSA) is 99.0 Å². The standard InChI is InChI=1S/C21H21N5O2S/c1-29(27,28)26-6-3-19(4-7-26)25-21-10-17(9-16-2-5-23-14-20(16)21)18-8-15(11-22)12-24-13-18/h2,5,8-10,12-14,19,25H,3-4,6-7H2,1H3. The van der Waals surface area contributed by atoms with E-state index in [1.807, 2.05) is 24.4 Å². The summed E-state index contributed by atoms with van der Waals surface area (Å²) in [6.45, 7) is 1.03. The number of rotatable bonds is 4. The van der Waals surface area contributed by atoms with Crippen LogP contribution in [-0.2, 0) is 10.0 Å². The lowest BCUT2D eigenvalue weighted by molar-refractivity contribution is 0.332. The lowest BCUT2D eigenvalue weighted by atomic mass is 9.99. The van der Waals surface area contributed by atoms with E-state index in [4.69, 9.17) is 0 Å². The molecule has 1 fully saturated rings. The second-order valence-electron chi connectivity index (χ2n) is 7.28. The summed E-state index contributed by atoms with van der Waals surface area (Å²) in [5.74, 6) is 0. The van der Waals surface area contributed by atoms with Gasteiger partial charge in [0.05, 0.1) is 11.8 Å². The molecule has 4 rings (SSSR count). The van der Waals surface area contributed by atoms with Crippen LogP contribution < -0.4 is 5.32 Å². The number of hydrogen-bond donors (Lipinski definition) is 1. The molecule has 0 atom stereocenters. The summed E-state index contributed by atoms with van der Waals surface area (Å²) in [6, 6.07) is 10.2. The number of anilines is 1. The Morgan fingerprint density at radius 2 is 1.90 bits per heavy atom. The van der Waals surface area contributed by atoms with Gasteiger partial charge in [0.15, 0.2) is 0 Å². The maximum absolute atomic E-state index is 11.7. The van der Waals surface area contributed by atoms with E-state index >= 15 is 0 Å². The quantitative estimate of drug-likeness (QED) is 0.714. The number of aromatic nitrogens is 2. The van der Waals surface area contributed by atoms with E-state index < -0.39 is 10.0 Å². The molecule has 0 unspecified atom stereocenters.